The molecule has 4 heterocycles. The van der Waals surface area contributed by atoms with Gasteiger partial charge in [0.25, 0.3) is 0 Å². The summed E-state index contributed by atoms with van der Waals surface area (Å²) in [6.07, 6.45) is -2.73. The van der Waals surface area contributed by atoms with Crippen molar-refractivity contribution in [3.8, 4) is 0 Å². The van der Waals surface area contributed by atoms with E-state index in [1.165, 1.54) is 31.2 Å². The van der Waals surface area contributed by atoms with E-state index in [4.69, 9.17) is 5.73 Å². The van der Waals surface area contributed by atoms with Crippen LogP contribution in [-0.2, 0) is 115 Å². The second-order valence-corrected chi connectivity index (χ2v) is 38.2. The minimum absolute atomic E-state index is 0.0289. The number of aromatic nitrogens is 3. The van der Waals surface area contributed by atoms with Gasteiger partial charge in [-0.1, -0.05) is 130 Å². The number of hydrogen-bond acceptors (Lipinski definition) is 25. The molecule has 2 aromatic heterocycles. The minimum Gasteiger partial charge on any atom is -0.481 e. The van der Waals surface area contributed by atoms with Gasteiger partial charge in [-0.05, 0) is 124 Å². The molecule has 7 rings (SSSR count). The van der Waals surface area contributed by atoms with Gasteiger partial charge >= 0.3 is 23.9 Å². The van der Waals surface area contributed by atoms with Gasteiger partial charge in [-0.15, -0.1) is 0 Å². The number of carboxylic acids is 4. The number of thioether (sulfide) groups is 1. The molecule has 724 valence electrons. The van der Waals surface area contributed by atoms with Gasteiger partial charge in [0, 0.05) is 129 Å². The molecule has 18 N–H and O–H groups in total. The molecule has 0 bridgehead atoms. The van der Waals surface area contributed by atoms with Crippen LogP contribution in [0.2, 0.25) is 0 Å². The van der Waals surface area contributed by atoms with Crippen molar-refractivity contribution in [1.29, 1.82) is 0 Å². The zero-order chi connectivity index (χ0) is 98.2. The smallest absolute Gasteiger partial charge is 0.304 e. The summed E-state index contributed by atoms with van der Waals surface area (Å²) < 4.78 is 0. The lowest BCUT2D eigenvalue weighted by Gasteiger charge is -2.31. The summed E-state index contributed by atoms with van der Waals surface area (Å²) in [5.74, 6) is -28.7. The van der Waals surface area contributed by atoms with Crippen molar-refractivity contribution in [1.82, 2.24) is 73.0 Å². The van der Waals surface area contributed by atoms with Gasteiger partial charge in [0.15, 0.2) is 11.6 Å². The second-order valence-electron chi connectivity index (χ2n) is 34.7. The molecular weight excluding hydrogens is 1780 g/mol. The van der Waals surface area contributed by atoms with Crippen LogP contribution in [0.3, 0.4) is 0 Å². The summed E-state index contributed by atoms with van der Waals surface area (Å²) >= 11 is 1.28. The fourth-order valence-corrected chi connectivity index (χ4v) is 19.0. The Kier molecular flexibility index (Phi) is 42.5. The van der Waals surface area contributed by atoms with E-state index >= 15 is 43.2 Å². The number of Topliss-reactive ketones (excluding diaryl/α,β-unsaturated/α-hetero) is 5. The maximum Gasteiger partial charge on any atom is 0.304 e. The SMILES string of the molecule is C=C(N)C[C@@H](NC(=O)C1CCCN1C(=O)C(CCC(=O)O)NC(=O)C(CC(C)=O)C(C)C)C(=O)C[C@@H]1CSS[C@@H](C(C)=O)NC(=O)C(CCC(=O)O)NC(=O)[C@H](CC2=Cc3ccccc3C2)NC(=O)[C@H](CCC(=O)O)NC(=O)[C@H](Cc2cc3ccccc3[nH]2)NC(=O)[C@H](CCSC)NC(=O)C(C(C)C)NC(=O)[C@H](Cc2cnc[nH]2)NC(=O)[C@H](C(C)CC)CC(=O)C(CC(=O)O)CC1=O. The third kappa shape index (κ3) is 33.9. The molecule has 2 aromatic carbocycles. The first kappa shape index (κ1) is 108. The van der Waals surface area contributed by atoms with Gasteiger partial charge in [0.1, 0.15) is 77.1 Å². The summed E-state index contributed by atoms with van der Waals surface area (Å²) in [7, 11) is 1.26. The van der Waals surface area contributed by atoms with Crippen LogP contribution < -0.4 is 58.9 Å². The number of ketones is 5. The Labute approximate surface area is 781 Å². The van der Waals surface area contributed by atoms with Crippen molar-refractivity contribution in [3.63, 3.8) is 0 Å². The Bertz CT molecular complexity index is 4930. The first-order valence-corrected chi connectivity index (χ1v) is 48.0. The predicted molar refractivity (Wildman–Crippen MR) is 493 cm³/mol. The molecule has 3 aliphatic rings. The number of aliphatic carboxylic acids is 4. The maximum atomic E-state index is 15.4. The van der Waals surface area contributed by atoms with Crippen LogP contribution >= 0.6 is 33.3 Å². The number of nitrogens with one attached hydrogen (secondary N) is 12. The van der Waals surface area contributed by atoms with Gasteiger partial charge in [-0.2, -0.15) is 11.8 Å². The number of likely N-dealkylation sites (tertiary alicyclic amines) is 1. The van der Waals surface area contributed by atoms with Gasteiger partial charge < -0.3 is 99.0 Å². The highest BCUT2D eigenvalue weighted by Gasteiger charge is 2.44. The molecule has 2 saturated heterocycles. The molecule has 2 fully saturated rings. The predicted octanol–water partition coefficient (Wildman–Crippen LogP) is 3.85. The van der Waals surface area contributed by atoms with Crippen molar-refractivity contribution < 1.29 is 116 Å². The van der Waals surface area contributed by atoms with Crippen LogP contribution in [0.25, 0.3) is 17.0 Å². The van der Waals surface area contributed by atoms with E-state index in [2.05, 4.69) is 74.7 Å². The van der Waals surface area contributed by atoms with E-state index < -0.39 is 296 Å². The molecule has 0 radical (unpaired) electrons. The van der Waals surface area contributed by atoms with Crippen LogP contribution in [0.1, 0.15) is 187 Å². The fourth-order valence-electron chi connectivity index (χ4n) is 15.9. The Morgan fingerprint density at radius 1 is 0.624 bits per heavy atom. The number of fused-ring (bicyclic) bond motifs is 2. The first-order valence-electron chi connectivity index (χ1n) is 44.3. The third-order valence-electron chi connectivity index (χ3n) is 23.5. The average Bonchev–Trinajstić information content (AvgIpc) is 1.63. The molecule has 7 unspecified atom stereocenters. The second kappa shape index (κ2) is 52.4. The largest absolute Gasteiger partial charge is 0.481 e. The van der Waals surface area contributed by atoms with Gasteiger partial charge in [0.2, 0.25) is 65.0 Å². The molecule has 133 heavy (non-hydrogen) atoms. The van der Waals surface area contributed by atoms with Crippen molar-refractivity contribution in [2.75, 3.05) is 24.3 Å². The molecule has 11 amide bonds. The quantitative estimate of drug-likeness (QED) is 0.0285. The summed E-state index contributed by atoms with van der Waals surface area (Å²) in [4.78, 5) is 297. The molecule has 16 atom stereocenters. The van der Waals surface area contributed by atoms with Crippen molar-refractivity contribution in [2.24, 2.45) is 47.2 Å². The summed E-state index contributed by atoms with van der Waals surface area (Å²) in [6.45, 7) is 15.8. The average molecular weight is 1910 g/mol. The molecule has 2 aliphatic heterocycles. The molecule has 4 aromatic rings. The number of nitrogens with two attached hydrogens (primary N) is 1. The topological polar surface area (TPSA) is 616 Å². The van der Waals surface area contributed by atoms with E-state index in [0.29, 0.717) is 49.5 Å². The third-order valence-corrected chi connectivity index (χ3v) is 26.9. The lowest BCUT2D eigenvalue weighted by atomic mass is 9.80. The summed E-state index contributed by atoms with van der Waals surface area (Å²) in [5.41, 5.74) is 9.34. The van der Waals surface area contributed by atoms with E-state index in [0.717, 1.165) is 23.0 Å². The zero-order valence-corrected chi connectivity index (χ0v) is 78.4. The Morgan fingerprint density at radius 3 is 1.75 bits per heavy atom. The number of carbonyl (C=O) groups excluding carboxylic acids is 16. The number of carbonyl (C=O) groups is 20. The number of rotatable bonds is 37. The Morgan fingerprint density at radius 2 is 1.19 bits per heavy atom. The van der Waals surface area contributed by atoms with E-state index in [1.54, 1.807) is 102 Å². The van der Waals surface area contributed by atoms with Crippen LogP contribution in [0.15, 0.2) is 85.0 Å². The van der Waals surface area contributed by atoms with Crippen LogP contribution in [0.4, 0.5) is 0 Å². The highest BCUT2D eigenvalue weighted by Crippen LogP contribution is 2.34. The highest BCUT2D eigenvalue weighted by atomic mass is 33.1. The molecule has 0 saturated carbocycles. The molecule has 0 spiro atoms. The summed E-state index contributed by atoms with van der Waals surface area (Å²) in [5, 5.41) is 65.9. The number of H-pyrrole nitrogens is 2. The lowest BCUT2D eigenvalue weighted by Crippen LogP contribution is -2.61. The van der Waals surface area contributed by atoms with Crippen LogP contribution in [0.5, 0.6) is 0 Å². The van der Waals surface area contributed by atoms with Gasteiger partial charge in [0.05, 0.1) is 18.8 Å². The monoisotopic (exact) mass is 1910 g/mol. The first-order chi connectivity index (χ1) is 62.9. The molecule has 1 aliphatic carbocycles. The fraction of sp³-hybridized carbons (Fsp3) is 0.549. The Hall–Kier alpha value is -12.1. The Balaban J connectivity index is 1.33. The minimum atomic E-state index is -1.87. The van der Waals surface area contributed by atoms with Crippen LogP contribution in [0, 0.1) is 41.4 Å². The number of carboxylic acid groups (broad SMARTS) is 4. The van der Waals surface area contributed by atoms with E-state index in [9.17, 15) is 73.2 Å². The van der Waals surface area contributed by atoms with Crippen molar-refractivity contribution in [3.05, 3.63) is 107 Å². The number of benzene rings is 2. The standard InChI is InChI=1S/C91H123N15O24S3/c1-11-48(6)61-42-73(110)56(39-78(118)119)37-72(109)57(38-74(111)67(31-49(7)92)100-88(128)71-21-16-29-106(71)91(130)66(24-27-77(116)117)99-80(120)60(46(2)3)32-50(8)107)44-132-133-90(51(9)108)105-84(124)64(23-26-76(114)115)97-85(125)68(35-52-33-53-17-12-13-18-54(53)34-52)102-82(122)63(22-25-75(112)113)96-86(126)69(40-58-36-55-19-14-15-20-62(55)95-58)103-83(123)65(28-30-131-10)98-89(129)79(47(4)5)104-87(127)70(101-81(61)121)41-59-43-93-45-94-59/h12-15,17-20,33,36,43,45-48,56-57,60-61,63-71,79,90,95H,7,11,16,21-32,34-35,37-42,44,92H2,1-6,8-10H3,(H,93,94)(H,96,126)(H,97,125)(H,98,129)(H,99,120)(H,100,128)(H,101,121)(H,102,122)(H,103,123)(H,104,127)(H,105,124)(H,112,113)(H,114,115)(H,116,117)(H,118,119)/t48?,56?,57-,60?,61+,63+,64?,65+,66?,67-,68+,69+,70+,71?,79?,90+/m1/s1. The van der Waals surface area contributed by atoms with Crippen molar-refractivity contribution >= 4 is 168 Å². The van der Waals surface area contributed by atoms with Crippen molar-refractivity contribution in [2.45, 2.75) is 250 Å². The number of hydrogen-bond donors (Lipinski definition) is 17. The number of imidazole rings is 1. The lowest BCUT2D eigenvalue weighted by molar-refractivity contribution is -0.144. The highest BCUT2D eigenvalue weighted by molar-refractivity contribution is 8.77. The zero-order valence-electron chi connectivity index (χ0n) is 75.9. The molecular formula is C91H123N15O24S3. The number of amides is 11. The van der Waals surface area contributed by atoms with Gasteiger partial charge in [-0.25, -0.2) is 4.98 Å². The number of aromatic amines is 2. The molecule has 39 nitrogen and oxygen atoms in total. The van der Waals surface area contributed by atoms with E-state index in [-0.39, 0.29) is 81.6 Å². The number of para-hydroxylation sites is 1. The normalized spacial score (nSPS) is 23.1. The maximum absolute atomic E-state index is 15.4. The van der Waals surface area contributed by atoms with Gasteiger partial charge in [-0.3, -0.25) is 91.1 Å². The van der Waals surface area contributed by atoms with Crippen LogP contribution in [-0.4, -0.2) is 248 Å². The van der Waals surface area contributed by atoms with E-state index in [1.807, 2.05) is 6.07 Å². The number of nitrogens with zero attached hydrogens (tertiary/aromatic N) is 2. The molecule has 42 heteroatoms. The summed E-state index contributed by atoms with van der Waals surface area (Å²) in [6, 6.07) is -0.405.